The molecule has 144 valence electrons. The maximum absolute atomic E-state index is 12.4. The number of hydrogen-bond acceptors (Lipinski definition) is 6. The molecule has 1 atom stereocenters. The highest BCUT2D eigenvalue weighted by molar-refractivity contribution is 6.03. The first kappa shape index (κ1) is 17.6. The molecule has 0 bridgehead atoms. The van der Waals surface area contributed by atoms with E-state index in [1.807, 2.05) is 12.1 Å². The number of anilines is 1. The fraction of sp³-hybridized carbons (Fsp3) is 0.556. The second-order valence-electron chi connectivity index (χ2n) is 7.10. The van der Waals surface area contributed by atoms with Crippen LogP contribution >= 0.6 is 0 Å². The van der Waals surface area contributed by atoms with Crippen molar-refractivity contribution in [3.8, 4) is 5.75 Å². The van der Waals surface area contributed by atoms with Crippen LogP contribution in [0.5, 0.6) is 5.75 Å². The molecule has 9 heteroatoms. The lowest BCUT2D eigenvalue weighted by molar-refractivity contribution is -0.131. The van der Waals surface area contributed by atoms with Crippen LogP contribution < -0.4 is 15.0 Å². The van der Waals surface area contributed by atoms with Crippen LogP contribution in [-0.4, -0.2) is 78.0 Å². The zero-order valence-corrected chi connectivity index (χ0v) is 15.1. The van der Waals surface area contributed by atoms with Crippen molar-refractivity contribution < 1.29 is 19.1 Å². The monoisotopic (exact) mass is 373 g/mol. The van der Waals surface area contributed by atoms with Crippen molar-refractivity contribution in [1.29, 1.82) is 0 Å². The van der Waals surface area contributed by atoms with Gasteiger partial charge in [0.2, 0.25) is 11.8 Å². The summed E-state index contributed by atoms with van der Waals surface area (Å²) in [5, 5.41) is 2.18. The van der Waals surface area contributed by atoms with Crippen LogP contribution in [0.25, 0.3) is 0 Å². The molecular formula is C18H23N5O4. The highest BCUT2D eigenvalue weighted by Crippen LogP contribution is 2.30. The lowest BCUT2D eigenvalue weighted by Crippen LogP contribution is -2.41. The maximum atomic E-state index is 12.4. The number of nitrogens with zero attached hydrogens (tertiary/aromatic N) is 4. The molecule has 0 radical (unpaired) electrons. The SMILES string of the molecule is O=C1CN(CC(=O)N2CC[C@H](Oc3cccnc3N3CCCC3)C2)C(=O)N1. The van der Waals surface area contributed by atoms with Crippen molar-refractivity contribution in [2.45, 2.75) is 25.4 Å². The number of aromatic nitrogens is 1. The van der Waals surface area contributed by atoms with Gasteiger partial charge in [-0.05, 0) is 25.0 Å². The Bertz CT molecular complexity index is 749. The minimum Gasteiger partial charge on any atom is -0.485 e. The smallest absolute Gasteiger partial charge is 0.325 e. The van der Waals surface area contributed by atoms with Crippen LogP contribution in [0.1, 0.15) is 19.3 Å². The van der Waals surface area contributed by atoms with E-state index >= 15 is 0 Å². The minimum absolute atomic E-state index is 0.0623. The van der Waals surface area contributed by atoms with Gasteiger partial charge in [0.15, 0.2) is 11.6 Å². The summed E-state index contributed by atoms with van der Waals surface area (Å²) in [6.07, 6.45) is 4.72. The first-order chi connectivity index (χ1) is 13.1. The highest BCUT2D eigenvalue weighted by Gasteiger charge is 2.33. The van der Waals surface area contributed by atoms with Gasteiger partial charge in [0.05, 0.1) is 6.54 Å². The third-order valence-electron chi connectivity index (χ3n) is 5.14. The highest BCUT2D eigenvalue weighted by atomic mass is 16.5. The van der Waals surface area contributed by atoms with Crippen LogP contribution in [0.2, 0.25) is 0 Å². The Morgan fingerprint density at radius 3 is 2.81 bits per heavy atom. The van der Waals surface area contributed by atoms with Gasteiger partial charge in [0, 0.05) is 32.3 Å². The molecular weight excluding hydrogens is 350 g/mol. The van der Waals surface area contributed by atoms with E-state index in [1.165, 1.54) is 4.90 Å². The molecule has 4 rings (SSSR count). The van der Waals surface area contributed by atoms with Crippen LogP contribution in [0, 0.1) is 0 Å². The fourth-order valence-corrected chi connectivity index (χ4v) is 3.75. The van der Waals surface area contributed by atoms with Gasteiger partial charge in [0.25, 0.3) is 0 Å². The molecule has 3 saturated heterocycles. The summed E-state index contributed by atoms with van der Waals surface area (Å²) in [5.41, 5.74) is 0. The van der Waals surface area contributed by atoms with E-state index in [4.69, 9.17) is 4.74 Å². The van der Waals surface area contributed by atoms with Crippen LogP contribution in [0.3, 0.4) is 0 Å². The van der Waals surface area contributed by atoms with Gasteiger partial charge < -0.3 is 19.4 Å². The zero-order valence-electron chi connectivity index (χ0n) is 15.1. The number of hydrogen-bond donors (Lipinski definition) is 1. The normalized spacial score (nSPS) is 22.5. The molecule has 9 nitrogen and oxygen atoms in total. The number of amides is 4. The number of likely N-dealkylation sites (tertiary alicyclic amines) is 1. The Kier molecular flexibility index (Phi) is 4.83. The third kappa shape index (κ3) is 3.81. The van der Waals surface area contributed by atoms with E-state index < -0.39 is 6.03 Å². The molecule has 0 unspecified atom stereocenters. The van der Waals surface area contributed by atoms with Gasteiger partial charge in [-0.3, -0.25) is 14.9 Å². The Hall–Kier alpha value is -2.84. The van der Waals surface area contributed by atoms with E-state index in [-0.39, 0.29) is 31.0 Å². The summed E-state index contributed by atoms with van der Waals surface area (Å²) >= 11 is 0. The minimum atomic E-state index is -0.508. The van der Waals surface area contributed by atoms with E-state index in [0.29, 0.717) is 13.1 Å². The molecule has 27 heavy (non-hydrogen) atoms. The fourth-order valence-electron chi connectivity index (χ4n) is 3.75. The summed E-state index contributed by atoms with van der Waals surface area (Å²) in [6.45, 7) is 2.87. The lowest BCUT2D eigenvalue weighted by atomic mass is 10.3. The zero-order chi connectivity index (χ0) is 18.8. The molecule has 1 aromatic rings. The Morgan fingerprint density at radius 1 is 1.26 bits per heavy atom. The maximum Gasteiger partial charge on any atom is 0.325 e. The molecule has 3 aliphatic rings. The quantitative estimate of drug-likeness (QED) is 0.742. The predicted molar refractivity (Wildman–Crippen MR) is 96.4 cm³/mol. The van der Waals surface area contributed by atoms with Gasteiger partial charge in [-0.15, -0.1) is 0 Å². The van der Waals surface area contributed by atoms with Crippen molar-refractivity contribution in [2.75, 3.05) is 44.2 Å². The number of carbonyl (C=O) groups is 3. The third-order valence-corrected chi connectivity index (χ3v) is 5.14. The second kappa shape index (κ2) is 7.42. The Morgan fingerprint density at radius 2 is 2.07 bits per heavy atom. The molecule has 0 aromatic carbocycles. The largest absolute Gasteiger partial charge is 0.485 e. The summed E-state index contributed by atoms with van der Waals surface area (Å²) < 4.78 is 6.16. The molecule has 1 N–H and O–H groups in total. The van der Waals surface area contributed by atoms with Crippen molar-refractivity contribution in [3.63, 3.8) is 0 Å². The average molecular weight is 373 g/mol. The molecule has 0 spiro atoms. The van der Waals surface area contributed by atoms with Crippen molar-refractivity contribution >= 4 is 23.7 Å². The average Bonchev–Trinajstić information content (AvgIpc) is 3.38. The first-order valence-electron chi connectivity index (χ1n) is 9.33. The van der Waals surface area contributed by atoms with Crippen LogP contribution in [0.4, 0.5) is 10.6 Å². The van der Waals surface area contributed by atoms with Gasteiger partial charge in [-0.25, -0.2) is 9.78 Å². The number of rotatable bonds is 5. The lowest BCUT2D eigenvalue weighted by Gasteiger charge is -2.23. The molecule has 0 saturated carbocycles. The molecule has 4 heterocycles. The van der Waals surface area contributed by atoms with Gasteiger partial charge in [0.1, 0.15) is 19.2 Å². The molecule has 3 aliphatic heterocycles. The summed E-state index contributed by atoms with van der Waals surface area (Å²) in [4.78, 5) is 44.9. The summed E-state index contributed by atoms with van der Waals surface area (Å²) in [5.74, 6) is 1.08. The van der Waals surface area contributed by atoms with Crippen molar-refractivity contribution in [3.05, 3.63) is 18.3 Å². The molecule has 3 fully saturated rings. The van der Waals surface area contributed by atoms with Gasteiger partial charge >= 0.3 is 6.03 Å². The van der Waals surface area contributed by atoms with Crippen molar-refractivity contribution in [2.24, 2.45) is 0 Å². The summed E-state index contributed by atoms with van der Waals surface area (Å²) in [6, 6.07) is 3.27. The van der Waals surface area contributed by atoms with E-state index in [1.54, 1.807) is 11.1 Å². The molecule has 0 aliphatic carbocycles. The van der Waals surface area contributed by atoms with E-state index in [0.717, 1.165) is 43.9 Å². The van der Waals surface area contributed by atoms with Crippen LogP contribution in [-0.2, 0) is 9.59 Å². The topological polar surface area (TPSA) is 95.1 Å². The van der Waals surface area contributed by atoms with E-state index in [9.17, 15) is 14.4 Å². The first-order valence-corrected chi connectivity index (χ1v) is 9.33. The summed E-state index contributed by atoms with van der Waals surface area (Å²) in [7, 11) is 0. The predicted octanol–water partition coefficient (Wildman–Crippen LogP) is 0.213. The Labute approximate surface area is 157 Å². The number of imide groups is 1. The van der Waals surface area contributed by atoms with Gasteiger partial charge in [-0.1, -0.05) is 0 Å². The number of pyridine rings is 1. The molecule has 4 amide bonds. The number of ether oxygens (including phenoxy) is 1. The van der Waals surface area contributed by atoms with Gasteiger partial charge in [-0.2, -0.15) is 0 Å². The number of carbonyl (C=O) groups excluding carboxylic acids is 3. The number of nitrogens with one attached hydrogen (secondary N) is 1. The number of urea groups is 1. The van der Waals surface area contributed by atoms with Crippen molar-refractivity contribution in [1.82, 2.24) is 20.1 Å². The van der Waals surface area contributed by atoms with E-state index in [2.05, 4.69) is 15.2 Å². The standard InChI is InChI=1S/C18H23N5O4/c24-15-11-23(18(26)20-15)12-16(25)22-9-5-13(10-22)27-14-4-3-6-19-17(14)21-7-1-2-8-21/h3-4,6,13H,1-2,5,7-12H2,(H,20,24,26)/t13-/m0/s1. The second-order valence-corrected chi connectivity index (χ2v) is 7.10. The van der Waals surface area contributed by atoms with Crippen LogP contribution in [0.15, 0.2) is 18.3 Å². The molecule has 1 aromatic heterocycles. The Balaban J connectivity index is 1.34.